The molecular formula is C23H21N3O4S2. The number of Topliss-reactive ketones (excluding diaryl/α,β-unsaturated/α-hetero) is 1. The molecule has 1 aliphatic rings. The largest absolute Gasteiger partial charge is 0.494 e. The first-order valence-electron chi connectivity index (χ1n) is 10.00. The zero-order valence-corrected chi connectivity index (χ0v) is 19.3. The topological polar surface area (TPSA) is 103 Å². The molecule has 1 N–H and O–H groups in total. The van der Waals surface area contributed by atoms with Crippen molar-refractivity contribution in [2.45, 2.75) is 33.2 Å². The van der Waals surface area contributed by atoms with Crippen LogP contribution in [0, 0.1) is 18.3 Å². The number of rotatable bonds is 7. The first kappa shape index (κ1) is 23.4. The minimum Gasteiger partial charge on any atom is -0.494 e. The fourth-order valence-corrected chi connectivity index (χ4v) is 4.62. The van der Waals surface area contributed by atoms with E-state index in [1.807, 2.05) is 43.3 Å². The summed E-state index contributed by atoms with van der Waals surface area (Å²) in [5, 5.41) is 20.1. The average Bonchev–Trinajstić information content (AvgIpc) is 3.02. The van der Waals surface area contributed by atoms with Crippen LogP contribution in [0.2, 0.25) is 0 Å². The van der Waals surface area contributed by atoms with Gasteiger partial charge in [-0.15, -0.1) is 0 Å². The standard InChI is InChI=1S/C23H21N3O4S2/c1-3-4-10-25-20(28)16(12-24)14(2)19(22(25)30)17(27)13-26-21(29)18(32-23(26)31)11-15-8-6-5-7-9-15/h5-9,11,30H,3-4,10,13H2,1-2H3/b18-11-. The molecule has 0 radical (unpaired) electrons. The molecular weight excluding hydrogens is 446 g/mol. The van der Waals surface area contributed by atoms with Gasteiger partial charge in [0.25, 0.3) is 11.5 Å². The number of carbonyl (C=O) groups excluding carboxylic acids is 2. The van der Waals surface area contributed by atoms with E-state index in [0.29, 0.717) is 11.3 Å². The molecule has 9 heteroatoms. The van der Waals surface area contributed by atoms with Gasteiger partial charge in [0.2, 0.25) is 5.88 Å². The maximum absolute atomic E-state index is 13.1. The zero-order valence-electron chi connectivity index (χ0n) is 17.6. The van der Waals surface area contributed by atoms with Gasteiger partial charge in [0.1, 0.15) is 16.0 Å². The van der Waals surface area contributed by atoms with E-state index in [2.05, 4.69) is 0 Å². The van der Waals surface area contributed by atoms with Crippen molar-refractivity contribution >= 4 is 46.1 Å². The predicted octanol–water partition coefficient (Wildman–Crippen LogP) is 3.62. The van der Waals surface area contributed by atoms with Crippen molar-refractivity contribution in [3.8, 4) is 11.9 Å². The van der Waals surface area contributed by atoms with Gasteiger partial charge in [-0.05, 0) is 30.5 Å². The van der Waals surface area contributed by atoms with E-state index in [0.717, 1.165) is 28.3 Å². The zero-order chi connectivity index (χ0) is 23.4. The Morgan fingerprint density at radius 3 is 2.59 bits per heavy atom. The third-order valence-electron chi connectivity index (χ3n) is 5.09. The summed E-state index contributed by atoms with van der Waals surface area (Å²) in [4.78, 5) is 40.1. The summed E-state index contributed by atoms with van der Waals surface area (Å²) in [7, 11) is 0. The summed E-state index contributed by atoms with van der Waals surface area (Å²) >= 11 is 6.40. The summed E-state index contributed by atoms with van der Waals surface area (Å²) in [5.41, 5.74) is -0.0497. The first-order chi connectivity index (χ1) is 15.3. The molecule has 1 saturated heterocycles. The van der Waals surface area contributed by atoms with Crippen molar-refractivity contribution in [2.24, 2.45) is 0 Å². The molecule has 0 bridgehead atoms. The number of carbonyl (C=O) groups is 2. The van der Waals surface area contributed by atoms with Gasteiger partial charge in [-0.2, -0.15) is 5.26 Å². The number of benzene rings is 1. The van der Waals surface area contributed by atoms with E-state index in [-0.39, 0.29) is 27.6 Å². The summed E-state index contributed by atoms with van der Waals surface area (Å²) in [5.74, 6) is -1.50. The Morgan fingerprint density at radius 1 is 1.28 bits per heavy atom. The molecule has 1 fully saturated rings. The number of ketones is 1. The van der Waals surface area contributed by atoms with Gasteiger partial charge in [0, 0.05) is 6.54 Å². The number of thioether (sulfide) groups is 1. The van der Waals surface area contributed by atoms with Crippen LogP contribution in [-0.2, 0) is 11.3 Å². The number of pyridine rings is 1. The molecule has 1 amide bonds. The molecule has 1 aliphatic heterocycles. The Bertz CT molecular complexity index is 1230. The fourth-order valence-electron chi connectivity index (χ4n) is 3.37. The minimum absolute atomic E-state index is 0.0954. The molecule has 164 valence electrons. The van der Waals surface area contributed by atoms with Crippen LogP contribution < -0.4 is 5.56 Å². The van der Waals surface area contributed by atoms with Crippen LogP contribution in [0.4, 0.5) is 0 Å². The molecule has 1 aromatic carbocycles. The number of nitriles is 1. The second-order valence-corrected chi connectivity index (χ2v) is 8.90. The molecule has 2 heterocycles. The molecule has 0 atom stereocenters. The first-order valence-corrected chi connectivity index (χ1v) is 11.2. The van der Waals surface area contributed by atoms with Gasteiger partial charge in [-0.1, -0.05) is 67.7 Å². The number of thiocarbonyl (C=S) groups is 1. The molecule has 0 unspecified atom stereocenters. The van der Waals surface area contributed by atoms with E-state index >= 15 is 0 Å². The van der Waals surface area contributed by atoms with Crippen molar-refractivity contribution in [2.75, 3.05) is 6.54 Å². The van der Waals surface area contributed by atoms with Crippen molar-refractivity contribution in [3.63, 3.8) is 0 Å². The number of nitrogens with zero attached hydrogens (tertiary/aromatic N) is 3. The van der Waals surface area contributed by atoms with Gasteiger partial charge in [-0.25, -0.2) is 0 Å². The highest BCUT2D eigenvalue weighted by molar-refractivity contribution is 8.26. The molecule has 0 aliphatic carbocycles. The lowest BCUT2D eigenvalue weighted by atomic mass is 10.0. The SMILES string of the molecule is CCCCn1c(O)c(C(=O)CN2C(=O)/C(=C/c3ccccc3)SC2=S)c(C)c(C#N)c1=O. The average molecular weight is 468 g/mol. The number of hydrogen-bond donors (Lipinski definition) is 1. The van der Waals surface area contributed by atoms with Crippen LogP contribution in [-0.4, -0.2) is 37.1 Å². The third-order valence-corrected chi connectivity index (χ3v) is 6.46. The van der Waals surface area contributed by atoms with Gasteiger partial charge >= 0.3 is 0 Å². The second kappa shape index (κ2) is 9.94. The Hall–Kier alpha value is -3.22. The van der Waals surface area contributed by atoms with Crippen LogP contribution in [0.25, 0.3) is 6.08 Å². The van der Waals surface area contributed by atoms with Gasteiger partial charge in [0.15, 0.2) is 5.78 Å². The maximum Gasteiger partial charge on any atom is 0.271 e. The quantitative estimate of drug-likeness (QED) is 0.377. The van der Waals surface area contributed by atoms with Crippen LogP contribution in [0.3, 0.4) is 0 Å². The van der Waals surface area contributed by atoms with Crippen molar-refractivity contribution in [3.05, 3.63) is 67.8 Å². The highest BCUT2D eigenvalue weighted by Crippen LogP contribution is 2.33. The van der Waals surface area contributed by atoms with Crippen LogP contribution >= 0.6 is 24.0 Å². The normalized spacial score (nSPS) is 14.8. The molecule has 32 heavy (non-hydrogen) atoms. The van der Waals surface area contributed by atoms with Gasteiger partial charge in [0.05, 0.1) is 17.0 Å². The Labute approximate surface area is 195 Å². The Morgan fingerprint density at radius 2 is 1.97 bits per heavy atom. The Kier molecular flexibility index (Phi) is 7.28. The molecule has 3 rings (SSSR count). The number of unbranched alkanes of at least 4 members (excludes halogenated alkanes) is 1. The van der Waals surface area contributed by atoms with Crippen LogP contribution in [0.15, 0.2) is 40.0 Å². The molecule has 0 saturated carbocycles. The summed E-state index contributed by atoms with van der Waals surface area (Å²) < 4.78 is 1.27. The molecule has 7 nitrogen and oxygen atoms in total. The Balaban J connectivity index is 1.94. The van der Waals surface area contributed by atoms with E-state index < -0.39 is 29.7 Å². The highest BCUT2D eigenvalue weighted by atomic mass is 32.2. The monoisotopic (exact) mass is 467 g/mol. The number of aromatic hydroxyl groups is 1. The second-order valence-electron chi connectivity index (χ2n) is 7.22. The van der Waals surface area contributed by atoms with E-state index in [1.54, 1.807) is 6.08 Å². The summed E-state index contributed by atoms with van der Waals surface area (Å²) in [6.07, 6.45) is 3.05. The third kappa shape index (κ3) is 4.52. The van der Waals surface area contributed by atoms with Crippen LogP contribution in [0.1, 0.15) is 46.8 Å². The van der Waals surface area contributed by atoms with Crippen molar-refractivity contribution < 1.29 is 14.7 Å². The number of amides is 1. The smallest absolute Gasteiger partial charge is 0.271 e. The van der Waals surface area contributed by atoms with E-state index in [4.69, 9.17) is 12.2 Å². The van der Waals surface area contributed by atoms with Crippen molar-refractivity contribution in [1.82, 2.24) is 9.47 Å². The van der Waals surface area contributed by atoms with E-state index in [1.165, 1.54) is 11.8 Å². The predicted molar refractivity (Wildman–Crippen MR) is 127 cm³/mol. The summed E-state index contributed by atoms with van der Waals surface area (Å²) in [6, 6.07) is 11.1. The lowest BCUT2D eigenvalue weighted by Crippen LogP contribution is -2.35. The fraction of sp³-hybridized carbons (Fsp3) is 0.261. The minimum atomic E-state index is -0.635. The molecule has 1 aromatic heterocycles. The summed E-state index contributed by atoms with van der Waals surface area (Å²) in [6.45, 7) is 3.14. The number of aromatic nitrogens is 1. The van der Waals surface area contributed by atoms with Gasteiger partial charge in [-0.3, -0.25) is 23.9 Å². The van der Waals surface area contributed by atoms with Crippen molar-refractivity contribution in [1.29, 1.82) is 5.26 Å². The highest BCUT2D eigenvalue weighted by Gasteiger charge is 2.35. The lowest BCUT2D eigenvalue weighted by Gasteiger charge is -2.18. The van der Waals surface area contributed by atoms with E-state index in [9.17, 15) is 24.8 Å². The van der Waals surface area contributed by atoms with Gasteiger partial charge < -0.3 is 5.11 Å². The number of hydrogen-bond acceptors (Lipinski definition) is 7. The van der Waals surface area contributed by atoms with Crippen LogP contribution in [0.5, 0.6) is 5.88 Å². The maximum atomic E-state index is 13.1. The molecule has 2 aromatic rings. The lowest BCUT2D eigenvalue weighted by molar-refractivity contribution is -0.121. The molecule has 0 spiro atoms.